The highest BCUT2D eigenvalue weighted by Gasteiger charge is 2.32. The Labute approximate surface area is 167 Å². The van der Waals surface area contributed by atoms with Crippen LogP contribution in [0.25, 0.3) is 0 Å². The Kier molecular flexibility index (Phi) is 6.81. The molecule has 0 fully saturated rings. The van der Waals surface area contributed by atoms with Crippen LogP contribution >= 0.6 is 37.2 Å². The van der Waals surface area contributed by atoms with E-state index in [1.165, 1.54) is 26.4 Å². The molecule has 11 heteroatoms. The standard InChI is InChI=1S/C15H16ClN5O3S.H2S/c1-20(25-21-9-6-12(16)17-7-10(9)21)8-14(22)18-13-5-4-11(23-2)15(19-13)24-3;/h4-7H,8H2,1-3H3,(H,18,19,22);1H2. The second kappa shape index (κ2) is 8.67. The average molecular weight is 416 g/mol. The number of halogens is 1. The molecule has 2 aromatic heterocycles. The Bertz CT molecular complexity index is 811. The molecule has 26 heavy (non-hydrogen) atoms. The van der Waals surface area contributed by atoms with Crippen LogP contribution in [-0.2, 0) is 4.79 Å². The fraction of sp³-hybridized carbons (Fsp3) is 0.267. The van der Waals surface area contributed by atoms with Gasteiger partial charge in [0.15, 0.2) is 5.75 Å². The lowest BCUT2D eigenvalue weighted by atomic mass is 10.4. The van der Waals surface area contributed by atoms with Gasteiger partial charge in [-0.1, -0.05) is 11.6 Å². The van der Waals surface area contributed by atoms with Gasteiger partial charge in [0.2, 0.25) is 5.91 Å². The Hall–Kier alpha value is -1.88. The van der Waals surface area contributed by atoms with Crippen molar-refractivity contribution < 1.29 is 14.3 Å². The largest absolute Gasteiger partial charge is 0.491 e. The minimum atomic E-state index is -0.197. The van der Waals surface area contributed by atoms with E-state index in [4.69, 9.17) is 21.1 Å². The topological polar surface area (TPSA) is 79.6 Å². The highest BCUT2D eigenvalue weighted by molar-refractivity contribution is 7.99. The highest BCUT2D eigenvalue weighted by Crippen LogP contribution is 2.53. The second-order valence-corrected chi connectivity index (χ2v) is 6.65. The minimum absolute atomic E-state index is 0. The molecule has 2 aromatic rings. The van der Waals surface area contributed by atoms with Crippen molar-refractivity contribution in [2.24, 2.45) is 0 Å². The van der Waals surface area contributed by atoms with Crippen molar-refractivity contribution in [3.05, 3.63) is 29.5 Å². The number of pyridine rings is 2. The number of aromatic nitrogens is 2. The molecule has 0 radical (unpaired) electrons. The van der Waals surface area contributed by atoms with Gasteiger partial charge in [-0.25, -0.2) is 9.29 Å². The third kappa shape index (κ3) is 4.64. The first kappa shape index (κ1) is 20.4. The van der Waals surface area contributed by atoms with Crippen molar-refractivity contribution >= 4 is 60.3 Å². The molecule has 1 aliphatic rings. The fourth-order valence-corrected chi connectivity index (χ4v) is 3.17. The summed E-state index contributed by atoms with van der Waals surface area (Å²) in [6.07, 6.45) is 1.70. The molecule has 0 saturated carbocycles. The number of amides is 1. The van der Waals surface area contributed by atoms with Crippen LogP contribution in [-0.4, -0.2) is 48.0 Å². The number of likely N-dealkylation sites (N-methyl/N-ethyl adjacent to an activating group) is 1. The summed E-state index contributed by atoms with van der Waals surface area (Å²) in [6, 6.07) is 5.12. The Morgan fingerprint density at radius 1 is 1.35 bits per heavy atom. The van der Waals surface area contributed by atoms with Gasteiger partial charge in [-0.15, -0.1) is 0 Å². The van der Waals surface area contributed by atoms with Crippen molar-refractivity contribution in [1.82, 2.24) is 14.3 Å². The number of anilines is 3. The van der Waals surface area contributed by atoms with E-state index in [1.54, 1.807) is 28.7 Å². The van der Waals surface area contributed by atoms with Crippen molar-refractivity contribution in [3.8, 4) is 11.6 Å². The van der Waals surface area contributed by atoms with Crippen LogP contribution in [0.2, 0.25) is 5.15 Å². The summed E-state index contributed by atoms with van der Waals surface area (Å²) in [6.45, 7) is 0.173. The van der Waals surface area contributed by atoms with E-state index in [0.717, 1.165) is 11.4 Å². The van der Waals surface area contributed by atoms with Gasteiger partial charge in [0.1, 0.15) is 11.0 Å². The molecule has 0 saturated heterocycles. The molecule has 0 aromatic carbocycles. The van der Waals surface area contributed by atoms with Crippen molar-refractivity contribution in [2.45, 2.75) is 0 Å². The van der Waals surface area contributed by atoms with Gasteiger partial charge in [-0.3, -0.25) is 9.10 Å². The second-order valence-electron chi connectivity index (χ2n) is 5.11. The molecule has 0 bridgehead atoms. The Morgan fingerprint density at radius 3 is 2.77 bits per heavy atom. The molecular weight excluding hydrogens is 398 g/mol. The first-order chi connectivity index (χ1) is 12.0. The van der Waals surface area contributed by atoms with Crippen molar-refractivity contribution in [1.29, 1.82) is 0 Å². The molecule has 8 nitrogen and oxygen atoms in total. The van der Waals surface area contributed by atoms with Crippen molar-refractivity contribution in [2.75, 3.05) is 37.4 Å². The summed E-state index contributed by atoms with van der Waals surface area (Å²) >= 11 is 7.25. The fourth-order valence-electron chi connectivity index (χ4n) is 2.14. The van der Waals surface area contributed by atoms with Crippen molar-refractivity contribution in [3.63, 3.8) is 0 Å². The zero-order chi connectivity index (χ0) is 18.0. The molecule has 3 rings (SSSR count). The molecule has 3 heterocycles. The summed E-state index contributed by atoms with van der Waals surface area (Å²) in [5, 5.41) is 3.18. The van der Waals surface area contributed by atoms with Gasteiger partial charge in [0, 0.05) is 18.2 Å². The number of hydrogen-bond acceptors (Lipinski definition) is 8. The van der Waals surface area contributed by atoms with Crippen LogP contribution in [0.15, 0.2) is 24.4 Å². The maximum Gasteiger partial charge on any atom is 0.258 e. The van der Waals surface area contributed by atoms with E-state index >= 15 is 0 Å². The molecule has 0 unspecified atom stereocenters. The molecule has 0 aliphatic carbocycles. The number of nitrogens with zero attached hydrogens (tertiary/aromatic N) is 4. The van der Waals surface area contributed by atoms with E-state index in [1.807, 2.05) is 11.4 Å². The van der Waals surface area contributed by atoms with E-state index in [9.17, 15) is 4.79 Å². The number of rotatable bonds is 7. The van der Waals surface area contributed by atoms with Crippen LogP contribution in [0.4, 0.5) is 17.2 Å². The number of fused-ring (bicyclic) bond motifs is 1. The lowest BCUT2D eigenvalue weighted by Gasteiger charge is -2.15. The van der Waals surface area contributed by atoms with Gasteiger partial charge in [-0.05, 0) is 19.2 Å². The van der Waals surface area contributed by atoms with Gasteiger partial charge >= 0.3 is 0 Å². The first-order valence-electron chi connectivity index (χ1n) is 7.25. The summed E-state index contributed by atoms with van der Waals surface area (Å²) in [7, 11) is 4.84. The van der Waals surface area contributed by atoms with Gasteiger partial charge in [-0.2, -0.15) is 18.5 Å². The maximum absolute atomic E-state index is 12.2. The van der Waals surface area contributed by atoms with E-state index in [2.05, 4.69) is 15.3 Å². The van der Waals surface area contributed by atoms with Crippen LogP contribution in [0, 0.1) is 0 Å². The summed E-state index contributed by atoms with van der Waals surface area (Å²) < 4.78 is 14.0. The molecule has 0 spiro atoms. The number of carbonyl (C=O) groups is 1. The van der Waals surface area contributed by atoms with Crippen LogP contribution in [0.1, 0.15) is 0 Å². The zero-order valence-electron chi connectivity index (χ0n) is 14.3. The smallest absolute Gasteiger partial charge is 0.258 e. The first-order valence-corrected chi connectivity index (χ1v) is 8.36. The summed E-state index contributed by atoms with van der Waals surface area (Å²) in [4.78, 5) is 20.4. The predicted octanol–water partition coefficient (Wildman–Crippen LogP) is 2.85. The SMILES string of the molecule is COc1ccc(NC(=O)CN(C)SN2c3cnc(Cl)cc32)nc1OC.S. The number of hydrogen-bond donors (Lipinski definition) is 1. The van der Waals surface area contributed by atoms with Crippen LogP contribution < -0.4 is 19.1 Å². The third-order valence-electron chi connectivity index (χ3n) is 3.31. The molecular formula is C15H18ClN5O3S2. The molecule has 140 valence electrons. The Morgan fingerprint density at radius 2 is 2.12 bits per heavy atom. The lowest BCUT2D eigenvalue weighted by molar-refractivity contribution is -0.116. The molecule has 0 atom stereocenters. The normalized spacial score (nSPS) is 11.5. The van der Waals surface area contributed by atoms with Crippen LogP contribution in [0.5, 0.6) is 11.6 Å². The van der Waals surface area contributed by atoms with E-state index in [0.29, 0.717) is 22.6 Å². The Balaban J connectivity index is 0.00000243. The predicted molar refractivity (Wildman–Crippen MR) is 108 cm³/mol. The molecule has 1 aliphatic heterocycles. The highest BCUT2D eigenvalue weighted by atomic mass is 35.5. The number of nitrogens with one attached hydrogen (secondary N) is 1. The zero-order valence-corrected chi connectivity index (χ0v) is 16.9. The number of ether oxygens (including phenoxy) is 2. The van der Waals surface area contributed by atoms with Gasteiger partial charge in [0.05, 0.1) is 38.3 Å². The minimum Gasteiger partial charge on any atom is -0.491 e. The van der Waals surface area contributed by atoms with E-state index in [-0.39, 0.29) is 25.9 Å². The number of carbonyl (C=O) groups excluding carboxylic acids is 1. The van der Waals surface area contributed by atoms with Gasteiger partial charge < -0.3 is 14.8 Å². The maximum atomic E-state index is 12.2. The molecule has 1 N–H and O–H groups in total. The van der Waals surface area contributed by atoms with E-state index < -0.39 is 0 Å². The summed E-state index contributed by atoms with van der Waals surface area (Å²) in [5.41, 5.74) is 1.99. The van der Waals surface area contributed by atoms with Gasteiger partial charge in [0.25, 0.3) is 5.88 Å². The average Bonchev–Trinajstić information content (AvgIpc) is 3.25. The number of methoxy groups -OCH3 is 2. The third-order valence-corrected chi connectivity index (χ3v) is 4.48. The van der Waals surface area contributed by atoms with Crippen LogP contribution in [0.3, 0.4) is 0 Å². The molecule has 1 amide bonds. The monoisotopic (exact) mass is 415 g/mol. The quantitative estimate of drug-likeness (QED) is 0.420. The lowest BCUT2D eigenvalue weighted by Crippen LogP contribution is -2.27. The summed E-state index contributed by atoms with van der Waals surface area (Å²) in [5.74, 6) is 1.01.